The maximum absolute atomic E-state index is 3.97. The van der Waals surface area contributed by atoms with Crippen LogP contribution in [0.4, 0.5) is 0 Å². The van der Waals surface area contributed by atoms with Crippen LogP contribution in [0.25, 0.3) is 0 Å². The molecule has 2 heterocycles. The number of rotatable bonds is 4. The lowest BCUT2D eigenvalue weighted by Crippen LogP contribution is -2.50. The molecule has 0 bridgehead atoms. The summed E-state index contributed by atoms with van der Waals surface area (Å²) in [6.07, 6.45) is 9.76. The molecule has 21 heavy (non-hydrogen) atoms. The largest absolute Gasteiger partial charge is 0.314 e. The number of hydrogen-bond donors (Lipinski definition) is 2. The van der Waals surface area contributed by atoms with E-state index in [0.717, 1.165) is 12.0 Å². The van der Waals surface area contributed by atoms with Crippen LogP contribution in [0.1, 0.15) is 67.7 Å². The number of hydrogen-bond acceptors (Lipinski definition) is 3. The van der Waals surface area contributed by atoms with Crippen LogP contribution >= 0.6 is 11.3 Å². The molecule has 2 fully saturated rings. The van der Waals surface area contributed by atoms with Crippen LogP contribution in [-0.2, 0) is 0 Å². The van der Waals surface area contributed by atoms with Crippen molar-refractivity contribution in [2.45, 2.75) is 76.9 Å². The molecule has 1 aliphatic heterocycles. The van der Waals surface area contributed by atoms with E-state index in [0.29, 0.717) is 12.1 Å². The summed E-state index contributed by atoms with van der Waals surface area (Å²) < 4.78 is 0. The molecule has 1 aromatic rings. The fraction of sp³-hybridized carbons (Fsp3) is 0.778. The summed E-state index contributed by atoms with van der Waals surface area (Å²) >= 11 is 1.94. The molecule has 4 atom stereocenters. The molecule has 0 radical (unpaired) electrons. The fourth-order valence-electron chi connectivity index (χ4n) is 4.18. The van der Waals surface area contributed by atoms with Crippen LogP contribution in [0.5, 0.6) is 0 Å². The molecule has 0 spiro atoms. The highest BCUT2D eigenvalue weighted by atomic mass is 32.1. The van der Waals surface area contributed by atoms with Gasteiger partial charge in [-0.1, -0.05) is 19.3 Å². The maximum Gasteiger partial charge on any atom is 0.0388 e. The summed E-state index contributed by atoms with van der Waals surface area (Å²) in [5.74, 6) is 0.836. The second-order valence-electron chi connectivity index (χ2n) is 6.95. The molecule has 1 saturated carbocycles. The Labute approximate surface area is 133 Å². The molecule has 1 aliphatic carbocycles. The molecular formula is C18H30N2S. The molecule has 4 unspecified atom stereocenters. The third kappa shape index (κ3) is 3.88. The van der Waals surface area contributed by atoms with E-state index in [-0.39, 0.29) is 0 Å². The molecule has 118 valence electrons. The van der Waals surface area contributed by atoms with Gasteiger partial charge in [-0.2, -0.15) is 0 Å². The normalized spacial score (nSPS) is 32.0. The van der Waals surface area contributed by atoms with Crippen molar-refractivity contribution in [2.24, 2.45) is 5.92 Å². The van der Waals surface area contributed by atoms with Crippen LogP contribution in [-0.4, -0.2) is 18.6 Å². The highest BCUT2D eigenvalue weighted by Crippen LogP contribution is 2.32. The number of piperidine rings is 1. The van der Waals surface area contributed by atoms with Crippen molar-refractivity contribution in [1.29, 1.82) is 0 Å². The molecule has 2 N–H and O–H groups in total. The smallest absolute Gasteiger partial charge is 0.0388 e. The van der Waals surface area contributed by atoms with Crippen molar-refractivity contribution in [3.63, 3.8) is 0 Å². The molecule has 3 heteroatoms. The third-order valence-electron chi connectivity index (χ3n) is 5.34. The standard InChI is InChI=1S/C18H30N2S/c1-13-10-11-18(21-13)14(2)20-17-9-4-3-7-15(17)16-8-5-6-12-19-16/h10-11,14-17,19-20H,3-9,12H2,1-2H3. The highest BCUT2D eigenvalue weighted by Gasteiger charge is 2.33. The molecule has 1 saturated heterocycles. The summed E-state index contributed by atoms with van der Waals surface area (Å²) in [5.41, 5.74) is 0. The van der Waals surface area contributed by atoms with Gasteiger partial charge in [-0.25, -0.2) is 0 Å². The van der Waals surface area contributed by atoms with Gasteiger partial charge in [-0.3, -0.25) is 0 Å². The molecule has 3 rings (SSSR count). The van der Waals surface area contributed by atoms with E-state index in [1.165, 1.54) is 61.2 Å². The van der Waals surface area contributed by atoms with Gasteiger partial charge in [-0.05, 0) is 64.1 Å². The first-order valence-electron chi connectivity index (χ1n) is 8.80. The third-order valence-corrected chi connectivity index (χ3v) is 6.52. The lowest BCUT2D eigenvalue weighted by atomic mass is 9.77. The molecule has 0 aromatic carbocycles. The van der Waals surface area contributed by atoms with Gasteiger partial charge in [0.05, 0.1) is 0 Å². The first-order chi connectivity index (χ1) is 10.2. The zero-order chi connectivity index (χ0) is 14.7. The summed E-state index contributed by atoms with van der Waals surface area (Å²) in [7, 11) is 0. The van der Waals surface area contributed by atoms with Gasteiger partial charge in [0.2, 0.25) is 0 Å². The molecular weight excluding hydrogens is 276 g/mol. The van der Waals surface area contributed by atoms with E-state index in [1.807, 2.05) is 11.3 Å². The highest BCUT2D eigenvalue weighted by molar-refractivity contribution is 7.12. The Hall–Kier alpha value is -0.380. The molecule has 2 aliphatic rings. The lowest BCUT2D eigenvalue weighted by molar-refractivity contribution is 0.174. The van der Waals surface area contributed by atoms with Gasteiger partial charge < -0.3 is 10.6 Å². The maximum atomic E-state index is 3.97. The second kappa shape index (κ2) is 7.26. The van der Waals surface area contributed by atoms with E-state index in [4.69, 9.17) is 0 Å². The summed E-state index contributed by atoms with van der Waals surface area (Å²) in [5, 5.41) is 7.76. The zero-order valence-corrected chi connectivity index (χ0v) is 14.3. The first kappa shape index (κ1) is 15.5. The van der Waals surface area contributed by atoms with Crippen molar-refractivity contribution in [3.05, 3.63) is 21.9 Å². The van der Waals surface area contributed by atoms with Crippen LogP contribution in [0.3, 0.4) is 0 Å². The zero-order valence-electron chi connectivity index (χ0n) is 13.5. The Morgan fingerprint density at radius 3 is 2.67 bits per heavy atom. The summed E-state index contributed by atoms with van der Waals surface area (Å²) in [4.78, 5) is 2.92. The van der Waals surface area contributed by atoms with Crippen LogP contribution in [0, 0.1) is 12.8 Å². The van der Waals surface area contributed by atoms with E-state index in [9.17, 15) is 0 Å². The Balaban J connectivity index is 1.63. The van der Waals surface area contributed by atoms with E-state index in [2.05, 4.69) is 36.6 Å². The van der Waals surface area contributed by atoms with E-state index in [1.54, 1.807) is 0 Å². The lowest BCUT2D eigenvalue weighted by Gasteiger charge is -2.41. The van der Waals surface area contributed by atoms with Crippen molar-refractivity contribution in [3.8, 4) is 0 Å². The number of thiophene rings is 1. The number of nitrogens with one attached hydrogen (secondary N) is 2. The van der Waals surface area contributed by atoms with Gasteiger partial charge in [0, 0.05) is 27.9 Å². The van der Waals surface area contributed by atoms with Gasteiger partial charge >= 0.3 is 0 Å². The van der Waals surface area contributed by atoms with Crippen LogP contribution in [0.2, 0.25) is 0 Å². The van der Waals surface area contributed by atoms with Gasteiger partial charge in [0.1, 0.15) is 0 Å². The first-order valence-corrected chi connectivity index (χ1v) is 9.61. The summed E-state index contributed by atoms with van der Waals surface area (Å²) in [6.45, 7) is 5.77. The predicted octanol–water partition coefficient (Wildman–Crippen LogP) is 4.41. The van der Waals surface area contributed by atoms with Gasteiger partial charge in [0.15, 0.2) is 0 Å². The van der Waals surface area contributed by atoms with Crippen molar-refractivity contribution >= 4 is 11.3 Å². The minimum atomic E-state index is 0.498. The summed E-state index contributed by atoms with van der Waals surface area (Å²) in [6, 6.07) is 6.51. The SMILES string of the molecule is Cc1ccc(C(C)NC2CCCCC2C2CCCCN2)s1. The minimum Gasteiger partial charge on any atom is -0.314 e. The minimum absolute atomic E-state index is 0.498. The Morgan fingerprint density at radius 2 is 1.95 bits per heavy atom. The topological polar surface area (TPSA) is 24.1 Å². The van der Waals surface area contributed by atoms with Gasteiger partial charge in [-0.15, -0.1) is 11.3 Å². The Kier molecular flexibility index (Phi) is 5.36. The van der Waals surface area contributed by atoms with Crippen molar-refractivity contribution < 1.29 is 0 Å². The average molecular weight is 307 g/mol. The van der Waals surface area contributed by atoms with Crippen molar-refractivity contribution in [2.75, 3.05) is 6.54 Å². The number of aryl methyl sites for hydroxylation is 1. The fourth-order valence-corrected chi connectivity index (χ4v) is 5.07. The molecule has 2 nitrogen and oxygen atoms in total. The Bertz CT molecular complexity index is 436. The molecule has 0 amide bonds. The van der Waals surface area contributed by atoms with Gasteiger partial charge in [0.25, 0.3) is 0 Å². The van der Waals surface area contributed by atoms with E-state index < -0.39 is 0 Å². The van der Waals surface area contributed by atoms with Crippen LogP contribution in [0.15, 0.2) is 12.1 Å². The molecule has 1 aromatic heterocycles. The quantitative estimate of drug-likeness (QED) is 0.861. The second-order valence-corrected chi connectivity index (χ2v) is 8.27. The average Bonchev–Trinajstić information content (AvgIpc) is 2.95. The predicted molar refractivity (Wildman–Crippen MR) is 92.0 cm³/mol. The monoisotopic (exact) mass is 306 g/mol. The Morgan fingerprint density at radius 1 is 1.14 bits per heavy atom. The van der Waals surface area contributed by atoms with Crippen molar-refractivity contribution in [1.82, 2.24) is 10.6 Å². The van der Waals surface area contributed by atoms with Crippen LogP contribution < -0.4 is 10.6 Å². The van der Waals surface area contributed by atoms with E-state index >= 15 is 0 Å².